The number of aliphatic hydroxyl groups excluding tert-OH is 2. The fraction of sp³-hybridized carbons (Fsp3) is 0.368. The van der Waals surface area contributed by atoms with Crippen molar-refractivity contribution in [2.24, 2.45) is 0 Å². The topological polar surface area (TPSA) is 40.5 Å². The van der Waals surface area contributed by atoms with E-state index in [2.05, 4.69) is 12.1 Å². The molecule has 0 aromatic heterocycles. The molecule has 2 N–H and O–H groups in total. The Balaban J connectivity index is 2.38. The molecule has 2 aromatic rings. The number of rotatable bonds is 4. The van der Waals surface area contributed by atoms with Gasteiger partial charge >= 0.3 is 0 Å². The second-order valence-electron chi connectivity index (χ2n) is 5.81. The van der Waals surface area contributed by atoms with Gasteiger partial charge in [0, 0.05) is 0 Å². The lowest BCUT2D eigenvalue weighted by Crippen LogP contribution is -2.48. The molecule has 1 aliphatic carbocycles. The molecular weight excluding hydrogens is 260 g/mol. The first-order valence-corrected chi connectivity index (χ1v) is 7.73. The van der Waals surface area contributed by atoms with Crippen LogP contribution in [-0.4, -0.2) is 22.4 Å². The number of benzene rings is 2. The maximum atomic E-state index is 10.8. The maximum absolute atomic E-state index is 10.8. The number of aliphatic hydroxyl groups is 2. The van der Waals surface area contributed by atoms with E-state index in [0.717, 1.165) is 22.3 Å². The van der Waals surface area contributed by atoms with E-state index < -0.39 is 17.6 Å². The first-order chi connectivity index (χ1) is 10.2. The zero-order valence-corrected chi connectivity index (χ0v) is 12.6. The van der Waals surface area contributed by atoms with Gasteiger partial charge in [-0.3, -0.25) is 0 Å². The fourth-order valence-electron chi connectivity index (χ4n) is 3.89. The van der Waals surface area contributed by atoms with Crippen LogP contribution in [0.2, 0.25) is 0 Å². The van der Waals surface area contributed by atoms with Gasteiger partial charge in [0.1, 0.15) is 0 Å². The third-order valence-electron chi connectivity index (χ3n) is 4.86. The summed E-state index contributed by atoms with van der Waals surface area (Å²) < 4.78 is 0. The van der Waals surface area contributed by atoms with Gasteiger partial charge in [-0.15, -0.1) is 0 Å². The van der Waals surface area contributed by atoms with Crippen LogP contribution in [0.3, 0.4) is 0 Å². The van der Waals surface area contributed by atoms with E-state index in [4.69, 9.17) is 0 Å². The summed E-state index contributed by atoms with van der Waals surface area (Å²) in [6.07, 6.45) is 0.0221. The zero-order valence-electron chi connectivity index (χ0n) is 12.6. The van der Waals surface area contributed by atoms with Gasteiger partial charge in [0.05, 0.1) is 17.6 Å². The van der Waals surface area contributed by atoms with Crippen LogP contribution in [0.15, 0.2) is 48.5 Å². The summed E-state index contributed by atoms with van der Waals surface area (Å²) in [5, 5.41) is 21.7. The van der Waals surface area contributed by atoms with Crippen LogP contribution in [0.1, 0.15) is 37.8 Å². The molecule has 0 fully saturated rings. The molecule has 2 nitrogen and oxygen atoms in total. The Hall–Kier alpha value is -1.64. The van der Waals surface area contributed by atoms with Gasteiger partial charge in [0.15, 0.2) is 0 Å². The number of fused-ring (bicyclic) bond motifs is 3. The van der Waals surface area contributed by atoms with Crippen molar-refractivity contribution in [3.05, 3.63) is 59.7 Å². The van der Waals surface area contributed by atoms with Crippen molar-refractivity contribution in [3.8, 4) is 11.1 Å². The van der Waals surface area contributed by atoms with Crippen molar-refractivity contribution in [2.75, 3.05) is 0 Å². The van der Waals surface area contributed by atoms with Crippen LogP contribution in [-0.2, 0) is 5.41 Å². The first-order valence-electron chi connectivity index (χ1n) is 7.73. The van der Waals surface area contributed by atoms with Crippen molar-refractivity contribution >= 4 is 0 Å². The molecule has 2 atom stereocenters. The fourth-order valence-corrected chi connectivity index (χ4v) is 3.89. The molecule has 2 aromatic carbocycles. The van der Waals surface area contributed by atoms with Crippen LogP contribution in [0.25, 0.3) is 11.1 Å². The standard InChI is InChI=1S/C19H22O2/c1-3-17(20)19(18(21)4-2)15-11-7-5-9-13(15)14-10-6-8-12-16(14)19/h5-12,17-18,20-21H,3-4H2,1-2H3. The molecule has 1 aliphatic rings. The minimum absolute atomic E-state index is 0.600. The molecule has 0 amide bonds. The molecule has 0 spiro atoms. The summed E-state index contributed by atoms with van der Waals surface area (Å²) in [5.74, 6) is 0. The van der Waals surface area contributed by atoms with Crippen LogP contribution in [0, 0.1) is 0 Å². The third kappa shape index (κ3) is 1.79. The summed E-state index contributed by atoms with van der Waals surface area (Å²) in [4.78, 5) is 0. The van der Waals surface area contributed by atoms with E-state index in [0.29, 0.717) is 12.8 Å². The smallest absolute Gasteiger partial charge is 0.0732 e. The lowest BCUT2D eigenvalue weighted by molar-refractivity contribution is 0.00471. The molecule has 0 radical (unpaired) electrons. The van der Waals surface area contributed by atoms with Crippen LogP contribution >= 0.6 is 0 Å². The summed E-state index contributed by atoms with van der Waals surface area (Å²) >= 11 is 0. The van der Waals surface area contributed by atoms with E-state index in [-0.39, 0.29) is 0 Å². The van der Waals surface area contributed by atoms with Crippen molar-refractivity contribution in [1.82, 2.24) is 0 Å². The molecule has 0 aliphatic heterocycles. The van der Waals surface area contributed by atoms with Crippen molar-refractivity contribution in [1.29, 1.82) is 0 Å². The molecule has 0 heterocycles. The van der Waals surface area contributed by atoms with Gasteiger partial charge < -0.3 is 10.2 Å². The second-order valence-corrected chi connectivity index (χ2v) is 5.81. The van der Waals surface area contributed by atoms with Crippen molar-refractivity contribution < 1.29 is 10.2 Å². The largest absolute Gasteiger partial charge is 0.392 e. The molecule has 0 saturated carbocycles. The predicted octanol–water partition coefficient (Wildman–Crippen LogP) is 3.49. The lowest BCUT2D eigenvalue weighted by atomic mass is 9.68. The molecule has 2 unspecified atom stereocenters. The molecule has 0 saturated heterocycles. The normalized spacial score (nSPS) is 17.9. The highest BCUT2D eigenvalue weighted by atomic mass is 16.3. The average Bonchev–Trinajstić information content (AvgIpc) is 2.85. The Morgan fingerprint density at radius 1 is 0.762 bits per heavy atom. The molecule has 0 bridgehead atoms. The lowest BCUT2D eigenvalue weighted by Gasteiger charge is -2.40. The van der Waals surface area contributed by atoms with E-state index in [1.165, 1.54) is 0 Å². The van der Waals surface area contributed by atoms with E-state index >= 15 is 0 Å². The van der Waals surface area contributed by atoms with Crippen molar-refractivity contribution in [3.63, 3.8) is 0 Å². The van der Waals surface area contributed by atoms with E-state index in [9.17, 15) is 10.2 Å². The zero-order chi connectivity index (χ0) is 15.0. The van der Waals surface area contributed by atoms with Crippen molar-refractivity contribution in [2.45, 2.75) is 44.3 Å². The third-order valence-corrected chi connectivity index (χ3v) is 4.86. The quantitative estimate of drug-likeness (QED) is 0.901. The van der Waals surface area contributed by atoms with Gasteiger partial charge in [0.25, 0.3) is 0 Å². The number of hydrogen-bond acceptors (Lipinski definition) is 2. The summed E-state index contributed by atoms with van der Waals surface area (Å²) in [6.45, 7) is 3.94. The highest BCUT2D eigenvalue weighted by Crippen LogP contribution is 2.53. The Morgan fingerprint density at radius 3 is 1.52 bits per heavy atom. The summed E-state index contributed by atoms with van der Waals surface area (Å²) in [6, 6.07) is 16.3. The summed E-state index contributed by atoms with van der Waals surface area (Å²) in [7, 11) is 0. The SMILES string of the molecule is CCC(O)C1(C(O)CC)c2ccccc2-c2ccccc21. The van der Waals surface area contributed by atoms with Gasteiger partial charge in [0.2, 0.25) is 0 Å². The molecule has 110 valence electrons. The Morgan fingerprint density at radius 2 is 1.14 bits per heavy atom. The Kier molecular flexibility index (Phi) is 3.60. The highest BCUT2D eigenvalue weighted by molar-refractivity contribution is 5.81. The minimum atomic E-state index is -0.712. The van der Waals surface area contributed by atoms with E-state index in [1.54, 1.807) is 0 Å². The Bertz CT molecular complexity index is 590. The van der Waals surface area contributed by atoms with Crippen LogP contribution < -0.4 is 0 Å². The van der Waals surface area contributed by atoms with Crippen LogP contribution in [0.4, 0.5) is 0 Å². The van der Waals surface area contributed by atoms with Gasteiger partial charge in [-0.05, 0) is 35.1 Å². The van der Waals surface area contributed by atoms with Crippen LogP contribution in [0.5, 0.6) is 0 Å². The molecule has 2 heteroatoms. The first kappa shape index (κ1) is 14.3. The minimum Gasteiger partial charge on any atom is -0.392 e. The van der Waals surface area contributed by atoms with Gasteiger partial charge in [-0.2, -0.15) is 0 Å². The highest BCUT2D eigenvalue weighted by Gasteiger charge is 2.51. The average molecular weight is 282 g/mol. The number of hydrogen-bond donors (Lipinski definition) is 2. The monoisotopic (exact) mass is 282 g/mol. The molecule has 21 heavy (non-hydrogen) atoms. The maximum Gasteiger partial charge on any atom is 0.0732 e. The second kappa shape index (κ2) is 5.28. The van der Waals surface area contributed by atoms with Gasteiger partial charge in [-0.1, -0.05) is 62.4 Å². The molecule has 3 rings (SSSR count). The molecular formula is C19H22O2. The van der Waals surface area contributed by atoms with E-state index in [1.807, 2.05) is 50.2 Å². The summed E-state index contributed by atoms with van der Waals surface area (Å²) in [5.41, 5.74) is 3.66. The predicted molar refractivity (Wildman–Crippen MR) is 85.3 cm³/mol. The van der Waals surface area contributed by atoms with Gasteiger partial charge in [-0.25, -0.2) is 0 Å². The Labute approximate surface area is 126 Å².